The Kier molecular flexibility index (Phi) is 1.93. The topological polar surface area (TPSA) is 0 Å². The Labute approximate surface area is 52.3 Å². The molecule has 8 heavy (non-hydrogen) atoms. The molecule has 1 saturated carbocycles. The minimum absolute atomic E-state index is 0.957. The fourth-order valence-electron chi connectivity index (χ4n) is 0.972. The van der Waals surface area contributed by atoms with Gasteiger partial charge in [0.1, 0.15) is 0 Å². The molecule has 1 radical (unpaired) electrons. The van der Waals surface area contributed by atoms with E-state index in [1.54, 1.807) is 0 Å². The van der Waals surface area contributed by atoms with Gasteiger partial charge in [0.15, 0.2) is 0 Å². The maximum atomic E-state index is 2.41. The van der Waals surface area contributed by atoms with Crippen LogP contribution in [0.25, 0.3) is 0 Å². The Hall–Kier alpha value is 0. The Morgan fingerprint density at radius 3 is 2.75 bits per heavy atom. The van der Waals surface area contributed by atoms with Crippen LogP contribution in [0.15, 0.2) is 0 Å². The molecule has 0 N–H and O–H groups in total. The Bertz CT molecular complexity index is 62.4. The molecule has 0 aromatic carbocycles. The molecule has 1 aliphatic rings. The summed E-state index contributed by atoms with van der Waals surface area (Å²) < 4.78 is 0. The second kappa shape index (κ2) is 2.52. The molecular formula is C8H15. The van der Waals surface area contributed by atoms with E-state index in [0.29, 0.717) is 0 Å². The van der Waals surface area contributed by atoms with Crippen molar-refractivity contribution < 1.29 is 0 Å². The van der Waals surface area contributed by atoms with E-state index >= 15 is 0 Å². The summed E-state index contributed by atoms with van der Waals surface area (Å²) >= 11 is 0. The predicted octanol–water partition coefficient (Wildman–Crippen LogP) is 2.65. The largest absolute Gasteiger partial charge is 0.0651 e. The summed E-state index contributed by atoms with van der Waals surface area (Å²) in [6.07, 6.45) is 6.59. The molecule has 0 saturated heterocycles. The molecule has 0 aliphatic heterocycles. The van der Waals surface area contributed by atoms with Gasteiger partial charge in [-0.1, -0.05) is 20.3 Å². The molecule has 0 bridgehead atoms. The maximum Gasteiger partial charge on any atom is -0.0352 e. The van der Waals surface area contributed by atoms with Gasteiger partial charge in [0.2, 0.25) is 0 Å². The van der Waals surface area contributed by atoms with Gasteiger partial charge in [-0.15, -0.1) is 0 Å². The molecule has 47 valence electrons. The van der Waals surface area contributed by atoms with E-state index in [4.69, 9.17) is 0 Å². The lowest BCUT2D eigenvalue weighted by Gasteiger charge is -2.04. The second-order valence-corrected chi connectivity index (χ2v) is 2.98. The summed E-state index contributed by atoms with van der Waals surface area (Å²) in [5, 5.41) is 0. The molecule has 0 spiro atoms. The van der Waals surface area contributed by atoms with Crippen molar-refractivity contribution in [1.29, 1.82) is 0 Å². The van der Waals surface area contributed by atoms with E-state index in [2.05, 4.69) is 20.3 Å². The van der Waals surface area contributed by atoms with Gasteiger partial charge in [-0.3, -0.25) is 0 Å². The summed E-state index contributed by atoms with van der Waals surface area (Å²) in [6.45, 7) is 4.61. The summed E-state index contributed by atoms with van der Waals surface area (Å²) in [4.78, 5) is 0. The van der Waals surface area contributed by atoms with Gasteiger partial charge in [0, 0.05) is 0 Å². The highest BCUT2D eigenvalue weighted by molar-refractivity contribution is 4.94. The molecule has 0 nitrogen and oxygen atoms in total. The van der Waals surface area contributed by atoms with Crippen molar-refractivity contribution in [1.82, 2.24) is 0 Å². The fourth-order valence-corrected chi connectivity index (χ4v) is 0.972. The number of hydrogen-bond donors (Lipinski definition) is 0. The van der Waals surface area contributed by atoms with Crippen molar-refractivity contribution in [2.75, 3.05) is 0 Å². The molecule has 1 fully saturated rings. The zero-order chi connectivity index (χ0) is 5.98. The van der Waals surface area contributed by atoms with Crippen molar-refractivity contribution in [3.8, 4) is 0 Å². The van der Waals surface area contributed by atoms with Crippen molar-refractivity contribution >= 4 is 0 Å². The van der Waals surface area contributed by atoms with Crippen LogP contribution in [-0.4, -0.2) is 0 Å². The van der Waals surface area contributed by atoms with Gasteiger partial charge in [-0.25, -0.2) is 0 Å². The van der Waals surface area contributed by atoms with Crippen LogP contribution in [-0.2, 0) is 0 Å². The molecule has 0 amide bonds. The summed E-state index contributed by atoms with van der Waals surface area (Å²) in [6, 6.07) is 0. The standard InChI is InChI=1S/C8H15/c1-3-7(2)6-8-4-5-8/h4,7-8H,3,5-6H2,1-2H3. The second-order valence-electron chi connectivity index (χ2n) is 2.98. The smallest absolute Gasteiger partial charge is 0.0352 e. The molecule has 0 aromatic rings. The molecule has 0 aromatic heterocycles. The molecule has 2 unspecified atom stereocenters. The molecular weight excluding hydrogens is 96.1 g/mol. The maximum absolute atomic E-state index is 2.41. The first kappa shape index (κ1) is 6.12. The van der Waals surface area contributed by atoms with E-state index in [1.807, 2.05) is 0 Å². The van der Waals surface area contributed by atoms with Gasteiger partial charge < -0.3 is 0 Å². The summed E-state index contributed by atoms with van der Waals surface area (Å²) in [5.74, 6) is 1.96. The molecule has 2 atom stereocenters. The summed E-state index contributed by atoms with van der Waals surface area (Å²) in [7, 11) is 0. The van der Waals surface area contributed by atoms with E-state index in [1.165, 1.54) is 19.3 Å². The minimum atomic E-state index is 0.957. The van der Waals surface area contributed by atoms with E-state index in [-0.39, 0.29) is 0 Å². The molecule has 0 heterocycles. The zero-order valence-electron chi connectivity index (χ0n) is 5.85. The van der Waals surface area contributed by atoms with Gasteiger partial charge in [0.25, 0.3) is 0 Å². The van der Waals surface area contributed by atoms with Crippen molar-refractivity contribution in [3.63, 3.8) is 0 Å². The van der Waals surface area contributed by atoms with Crippen molar-refractivity contribution in [2.45, 2.75) is 33.1 Å². The van der Waals surface area contributed by atoms with Gasteiger partial charge in [-0.05, 0) is 31.1 Å². The highest BCUT2D eigenvalue weighted by atomic mass is 14.3. The third kappa shape index (κ3) is 1.85. The van der Waals surface area contributed by atoms with Crippen molar-refractivity contribution in [2.24, 2.45) is 11.8 Å². The van der Waals surface area contributed by atoms with Crippen LogP contribution < -0.4 is 0 Å². The first-order valence-corrected chi connectivity index (χ1v) is 3.66. The van der Waals surface area contributed by atoms with Gasteiger partial charge in [0.05, 0.1) is 0 Å². The van der Waals surface area contributed by atoms with E-state index < -0.39 is 0 Å². The Morgan fingerprint density at radius 2 is 2.38 bits per heavy atom. The lowest BCUT2D eigenvalue weighted by molar-refractivity contribution is 0.489. The van der Waals surface area contributed by atoms with E-state index in [0.717, 1.165) is 11.8 Å². The van der Waals surface area contributed by atoms with Crippen LogP contribution >= 0.6 is 0 Å². The predicted molar refractivity (Wildman–Crippen MR) is 36.5 cm³/mol. The third-order valence-corrected chi connectivity index (χ3v) is 1.97. The Balaban J connectivity index is 1.98. The molecule has 1 aliphatic carbocycles. The lowest BCUT2D eigenvalue weighted by Crippen LogP contribution is -1.91. The minimum Gasteiger partial charge on any atom is -0.0651 e. The SMILES string of the molecule is CCC(C)CC1[CH]C1. The number of rotatable bonds is 3. The van der Waals surface area contributed by atoms with E-state index in [9.17, 15) is 0 Å². The lowest BCUT2D eigenvalue weighted by atomic mass is 10.0. The first-order valence-electron chi connectivity index (χ1n) is 3.66. The van der Waals surface area contributed by atoms with Crippen LogP contribution in [0.2, 0.25) is 0 Å². The summed E-state index contributed by atoms with van der Waals surface area (Å²) in [5.41, 5.74) is 0. The van der Waals surface area contributed by atoms with Gasteiger partial charge in [-0.2, -0.15) is 0 Å². The zero-order valence-corrected chi connectivity index (χ0v) is 5.85. The fraction of sp³-hybridized carbons (Fsp3) is 0.875. The first-order chi connectivity index (χ1) is 3.83. The Morgan fingerprint density at radius 1 is 1.75 bits per heavy atom. The van der Waals surface area contributed by atoms with Crippen LogP contribution in [0.1, 0.15) is 33.1 Å². The highest BCUT2D eigenvalue weighted by Gasteiger charge is 2.22. The third-order valence-electron chi connectivity index (χ3n) is 1.97. The van der Waals surface area contributed by atoms with Crippen LogP contribution in [0.5, 0.6) is 0 Å². The highest BCUT2D eigenvalue weighted by Crippen LogP contribution is 2.34. The van der Waals surface area contributed by atoms with Crippen LogP contribution in [0.4, 0.5) is 0 Å². The monoisotopic (exact) mass is 111 g/mol. The quantitative estimate of drug-likeness (QED) is 0.525. The average Bonchev–Trinajstić information content (AvgIpc) is 2.50. The molecule has 1 rings (SSSR count). The van der Waals surface area contributed by atoms with Gasteiger partial charge >= 0.3 is 0 Å². The normalized spacial score (nSPS) is 23.2. The van der Waals surface area contributed by atoms with Crippen LogP contribution in [0, 0.1) is 18.3 Å². The number of hydrogen-bond acceptors (Lipinski definition) is 0. The molecule has 0 heteroatoms. The van der Waals surface area contributed by atoms with Crippen molar-refractivity contribution in [3.05, 3.63) is 6.42 Å². The average molecular weight is 111 g/mol. The van der Waals surface area contributed by atoms with Crippen LogP contribution in [0.3, 0.4) is 0 Å².